The molecule has 84 valence electrons. The number of hydrogen-bond acceptors (Lipinski definition) is 4. The fraction of sp³-hybridized carbons (Fsp3) is 0.455. The molecule has 4 nitrogen and oxygen atoms in total. The Morgan fingerprint density at radius 1 is 0.933 bits per heavy atom. The zero-order valence-corrected chi connectivity index (χ0v) is 9.49. The first-order chi connectivity index (χ1) is 6.99. The predicted molar refractivity (Wildman–Crippen MR) is 56.2 cm³/mol. The first kappa shape index (κ1) is 13.4. The van der Waals surface area contributed by atoms with E-state index in [1.165, 1.54) is 26.4 Å². The van der Waals surface area contributed by atoms with Gasteiger partial charge in [0.05, 0.1) is 14.2 Å². The van der Waals surface area contributed by atoms with E-state index in [9.17, 15) is 9.59 Å². The van der Waals surface area contributed by atoms with Gasteiger partial charge in [0.1, 0.15) is 0 Å². The third-order valence-electron chi connectivity index (χ3n) is 1.69. The Labute approximate surface area is 89.6 Å². The molecule has 0 N–H and O–H groups in total. The lowest BCUT2D eigenvalue weighted by Gasteiger charge is -2.01. The van der Waals surface area contributed by atoms with E-state index in [0.717, 1.165) is 11.1 Å². The molecule has 0 heterocycles. The normalized spacial score (nSPS) is 12.3. The maximum absolute atomic E-state index is 10.9. The van der Waals surface area contributed by atoms with Gasteiger partial charge < -0.3 is 9.47 Å². The summed E-state index contributed by atoms with van der Waals surface area (Å²) in [5.41, 5.74) is 1.67. The van der Waals surface area contributed by atoms with E-state index >= 15 is 0 Å². The molecule has 0 rings (SSSR count). The van der Waals surface area contributed by atoms with Crippen LogP contribution >= 0.6 is 0 Å². The molecule has 0 spiro atoms. The molecule has 0 saturated carbocycles. The standard InChI is InChI=1S/C11H16O4/c1-8(6-10(12)14-3)5-9(2)7-11(13)15-4/h6-7H,5H2,1-4H3. The van der Waals surface area contributed by atoms with Crippen LogP contribution in [0.1, 0.15) is 20.3 Å². The van der Waals surface area contributed by atoms with Crippen LogP contribution in [0.25, 0.3) is 0 Å². The summed E-state index contributed by atoms with van der Waals surface area (Å²) < 4.78 is 8.96. The van der Waals surface area contributed by atoms with Crippen LogP contribution in [0.2, 0.25) is 0 Å². The highest BCUT2D eigenvalue weighted by atomic mass is 16.5. The Kier molecular flexibility index (Phi) is 6.09. The minimum absolute atomic E-state index is 0.390. The molecular weight excluding hydrogens is 196 g/mol. The number of methoxy groups -OCH3 is 2. The van der Waals surface area contributed by atoms with Gasteiger partial charge in [0.15, 0.2) is 0 Å². The predicted octanol–water partition coefficient (Wildman–Crippen LogP) is 1.62. The van der Waals surface area contributed by atoms with Crippen molar-refractivity contribution in [3.8, 4) is 0 Å². The van der Waals surface area contributed by atoms with E-state index in [1.54, 1.807) is 13.8 Å². The summed E-state index contributed by atoms with van der Waals surface area (Å²) in [7, 11) is 2.65. The molecule has 0 fully saturated rings. The fourth-order valence-electron chi connectivity index (χ4n) is 1.06. The molecule has 0 radical (unpaired) electrons. The first-order valence-corrected chi connectivity index (χ1v) is 4.49. The summed E-state index contributed by atoms with van der Waals surface area (Å²) in [5, 5.41) is 0. The minimum Gasteiger partial charge on any atom is -0.466 e. The summed E-state index contributed by atoms with van der Waals surface area (Å²) in [6, 6.07) is 0. The summed E-state index contributed by atoms with van der Waals surface area (Å²) in [6.45, 7) is 3.59. The lowest BCUT2D eigenvalue weighted by atomic mass is 10.1. The number of allylic oxidation sites excluding steroid dienone is 2. The van der Waals surface area contributed by atoms with Crippen molar-refractivity contribution in [2.45, 2.75) is 20.3 Å². The molecule has 0 aromatic carbocycles. The SMILES string of the molecule is COC(=O)C=C(C)CC(C)=CC(=O)OC. The molecule has 0 amide bonds. The smallest absolute Gasteiger partial charge is 0.330 e. The third kappa shape index (κ3) is 6.49. The van der Waals surface area contributed by atoms with Gasteiger partial charge in [-0.2, -0.15) is 0 Å². The zero-order valence-electron chi connectivity index (χ0n) is 9.49. The van der Waals surface area contributed by atoms with E-state index in [4.69, 9.17) is 0 Å². The molecule has 0 atom stereocenters. The minimum atomic E-state index is -0.390. The Morgan fingerprint density at radius 2 is 1.27 bits per heavy atom. The summed E-state index contributed by atoms with van der Waals surface area (Å²) in [5.74, 6) is -0.781. The Hall–Kier alpha value is -1.58. The van der Waals surface area contributed by atoms with Crippen molar-refractivity contribution >= 4 is 11.9 Å². The molecule has 4 heteroatoms. The van der Waals surface area contributed by atoms with Gasteiger partial charge in [-0.05, 0) is 20.3 Å². The average Bonchev–Trinajstić information content (AvgIpc) is 2.16. The van der Waals surface area contributed by atoms with Gasteiger partial charge in [0, 0.05) is 12.2 Å². The van der Waals surface area contributed by atoms with E-state index < -0.39 is 11.9 Å². The van der Waals surface area contributed by atoms with Crippen molar-refractivity contribution in [2.24, 2.45) is 0 Å². The van der Waals surface area contributed by atoms with Crippen LogP contribution in [0.3, 0.4) is 0 Å². The van der Waals surface area contributed by atoms with Crippen LogP contribution in [0.5, 0.6) is 0 Å². The number of ether oxygens (including phenoxy) is 2. The highest BCUT2D eigenvalue weighted by Gasteiger charge is 2.00. The molecule has 0 saturated heterocycles. The number of hydrogen-bond donors (Lipinski definition) is 0. The van der Waals surface area contributed by atoms with Crippen LogP contribution in [0.4, 0.5) is 0 Å². The second kappa shape index (κ2) is 6.81. The van der Waals surface area contributed by atoms with Crippen molar-refractivity contribution < 1.29 is 19.1 Å². The molecule has 0 unspecified atom stereocenters. The molecule has 15 heavy (non-hydrogen) atoms. The molecule has 0 aliphatic rings. The number of carbonyl (C=O) groups excluding carboxylic acids is 2. The Bertz CT molecular complexity index is 270. The Morgan fingerprint density at radius 3 is 1.53 bits per heavy atom. The quantitative estimate of drug-likeness (QED) is 0.525. The molecule has 0 bridgehead atoms. The van der Waals surface area contributed by atoms with E-state index in [1.807, 2.05) is 0 Å². The summed E-state index contributed by atoms with van der Waals surface area (Å²) >= 11 is 0. The average molecular weight is 212 g/mol. The van der Waals surface area contributed by atoms with Crippen LogP contribution < -0.4 is 0 Å². The van der Waals surface area contributed by atoms with Gasteiger partial charge in [-0.3, -0.25) is 0 Å². The monoisotopic (exact) mass is 212 g/mol. The maximum atomic E-state index is 10.9. The molecular formula is C11H16O4. The van der Waals surface area contributed by atoms with E-state index in [2.05, 4.69) is 9.47 Å². The van der Waals surface area contributed by atoms with Gasteiger partial charge in [-0.1, -0.05) is 11.1 Å². The lowest BCUT2D eigenvalue weighted by molar-refractivity contribution is -0.135. The number of carbonyl (C=O) groups is 2. The molecule has 0 aliphatic carbocycles. The van der Waals surface area contributed by atoms with Gasteiger partial charge in [-0.25, -0.2) is 9.59 Å². The zero-order chi connectivity index (χ0) is 11.8. The van der Waals surface area contributed by atoms with Gasteiger partial charge >= 0.3 is 11.9 Å². The van der Waals surface area contributed by atoms with Crippen molar-refractivity contribution in [3.05, 3.63) is 23.3 Å². The molecule has 0 aromatic rings. The van der Waals surface area contributed by atoms with Crippen LogP contribution in [0, 0.1) is 0 Å². The fourth-order valence-corrected chi connectivity index (χ4v) is 1.06. The second-order valence-corrected chi connectivity index (χ2v) is 3.20. The van der Waals surface area contributed by atoms with E-state index in [0.29, 0.717) is 6.42 Å². The van der Waals surface area contributed by atoms with Crippen LogP contribution in [-0.2, 0) is 19.1 Å². The van der Waals surface area contributed by atoms with Gasteiger partial charge in [0.25, 0.3) is 0 Å². The lowest BCUT2D eigenvalue weighted by Crippen LogP contribution is -1.98. The second-order valence-electron chi connectivity index (χ2n) is 3.20. The number of esters is 2. The van der Waals surface area contributed by atoms with Crippen molar-refractivity contribution in [2.75, 3.05) is 14.2 Å². The van der Waals surface area contributed by atoms with Crippen LogP contribution in [0.15, 0.2) is 23.3 Å². The van der Waals surface area contributed by atoms with Crippen molar-refractivity contribution in [1.29, 1.82) is 0 Å². The molecule has 0 aromatic heterocycles. The molecule has 0 aliphatic heterocycles. The van der Waals surface area contributed by atoms with Crippen LogP contribution in [-0.4, -0.2) is 26.2 Å². The first-order valence-electron chi connectivity index (χ1n) is 4.49. The highest BCUT2D eigenvalue weighted by molar-refractivity contribution is 5.83. The van der Waals surface area contributed by atoms with Crippen molar-refractivity contribution in [3.63, 3.8) is 0 Å². The van der Waals surface area contributed by atoms with E-state index in [-0.39, 0.29) is 0 Å². The largest absolute Gasteiger partial charge is 0.466 e. The van der Waals surface area contributed by atoms with Gasteiger partial charge in [-0.15, -0.1) is 0 Å². The van der Waals surface area contributed by atoms with Gasteiger partial charge in [0.2, 0.25) is 0 Å². The maximum Gasteiger partial charge on any atom is 0.330 e. The number of rotatable bonds is 4. The third-order valence-corrected chi connectivity index (χ3v) is 1.69. The Balaban J connectivity index is 4.35. The topological polar surface area (TPSA) is 52.6 Å². The summed E-state index contributed by atoms with van der Waals surface area (Å²) in [4.78, 5) is 21.7. The van der Waals surface area contributed by atoms with Crippen molar-refractivity contribution in [1.82, 2.24) is 0 Å². The summed E-state index contributed by atoms with van der Waals surface area (Å²) in [6.07, 6.45) is 3.34. The highest BCUT2D eigenvalue weighted by Crippen LogP contribution is 2.09.